The number of nitrogens with zero attached hydrogens (tertiary/aromatic N) is 1. The highest BCUT2D eigenvalue weighted by Crippen LogP contribution is 1.94. The molecule has 8 heavy (non-hydrogen) atoms. The Morgan fingerprint density at radius 1 is 1.62 bits per heavy atom. The molecule has 0 heterocycles. The molecule has 0 aliphatic carbocycles. The van der Waals surface area contributed by atoms with E-state index < -0.39 is 0 Å². The number of hydrogen-bond donors (Lipinski definition) is 0. The first-order valence-corrected chi connectivity index (χ1v) is 3.67. The molecule has 0 saturated carbocycles. The fraction of sp³-hybridized carbons (Fsp3) is 1.00. The normalized spacial score (nSPS) is 10.5. The monoisotopic (exact) mass is 229 g/mol. The Balaban J connectivity index is 2.86. The van der Waals surface area contributed by atoms with E-state index in [9.17, 15) is 0 Å². The number of likely N-dealkylation sites (N-methyl/N-ethyl adjacent to an activating group) is 1. The van der Waals surface area contributed by atoms with E-state index in [1.54, 1.807) is 7.11 Å². The maximum Gasteiger partial charge on any atom is 0.0597 e. The van der Waals surface area contributed by atoms with Crippen LogP contribution in [0, 0.1) is 0 Å². The number of rotatable bonds is 4. The molecule has 0 aromatic carbocycles. The van der Waals surface area contributed by atoms with Gasteiger partial charge in [-0.1, -0.05) is 6.92 Å². The third kappa shape index (κ3) is 4.80. The van der Waals surface area contributed by atoms with Gasteiger partial charge in [-0.2, -0.15) is 0 Å². The van der Waals surface area contributed by atoms with Crippen LogP contribution >= 0.6 is 22.9 Å². The number of ether oxygens (including phenoxy) is 1. The van der Waals surface area contributed by atoms with Crippen molar-refractivity contribution in [1.82, 2.24) is 3.11 Å². The van der Waals surface area contributed by atoms with Crippen LogP contribution in [0.4, 0.5) is 0 Å². The second kappa shape index (κ2) is 5.78. The van der Waals surface area contributed by atoms with Gasteiger partial charge < -0.3 is 4.74 Å². The van der Waals surface area contributed by atoms with Crippen molar-refractivity contribution in [3.05, 3.63) is 0 Å². The molecule has 0 N–H and O–H groups in total. The summed E-state index contributed by atoms with van der Waals surface area (Å²) in [5.74, 6) is 0. The molecule has 0 bridgehead atoms. The zero-order chi connectivity index (χ0) is 6.41. The summed E-state index contributed by atoms with van der Waals surface area (Å²) in [5, 5.41) is 0. The molecule has 0 spiro atoms. The summed E-state index contributed by atoms with van der Waals surface area (Å²) in [4.78, 5) is 0. The first kappa shape index (κ1) is 8.65. The van der Waals surface area contributed by atoms with Crippen LogP contribution in [-0.4, -0.2) is 29.9 Å². The van der Waals surface area contributed by atoms with Crippen LogP contribution in [0.15, 0.2) is 0 Å². The highest BCUT2D eigenvalue weighted by Gasteiger charge is 1.91. The topological polar surface area (TPSA) is 12.5 Å². The Labute approximate surface area is 64.7 Å². The molecule has 2 nitrogen and oxygen atoms in total. The second-order valence-corrected chi connectivity index (χ2v) is 2.86. The van der Waals surface area contributed by atoms with Gasteiger partial charge in [-0.25, -0.2) is 3.11 Å². The van der Waals surface area contributed by atoms with Gasteiger partial charge >= 0.3 is 0 Å². The standard InChI is InChI=1S/C5H12INO/c1-3-7(6)4-5-8-2/h3-5H2,1-2H3. The molecule has 0 fully saturated rings. The average Bonchev–Trinajstić information content (AvgIpc) is 1.83. The molecular weight excluding hydrogens is 217 g/mol. The Morgan fingerprint density at radius 2 is 2.25 bits per heavy atom. The van der Waals surface area contributed by atoms with Crippen LogP contribution in [0.5, 0.6) is 0 Å². The Bertz CT molecular complexity index is 51.7. The lowest BCUT2D eigenvalue weighted by Crippen LogP contribution is -2.15. The third-order valence-electron chi connectivity index (χ3n) is 0.881. The Hall–Kier alpha value is 0.650. The van der Waals surface area contributed by atoms with E-state index in [2.05, 4.69) is 32.9 Å². The predicted molar refractivity (Wildman–Crippen MR) is 43.1 cm³/mol. The molecule has 0 unspecified atom stereocenters. The fourth-order valence-corrected chi connectivity index (χ4v) is 0.545. The van der Waals surface area contributed by atoms with E-state index in [4.69, 9.17) is 4.74 Å². The maximum atomic E-state index is 4.87. The molecule has 0 saturated heterocycles. The summed E-state index contributed by atoms with van der Waals surface area (Å²) in [6.07, 6.45) is 0. The minimum Gasteiger partial charge on any atom is -0.383 e. The lowest BCUT2D eigenvalue weighted by Gasteiger charge is -2.08. The zero-order valence-electron chi connectivity index (χ0n) is 5.35. The van der Waals surface area contributed by atoms with E-state index in [1.807, 2.05) is 0 Å². The van der Waals surface area contributed by atoms with Crippen molar-refractivity contribution in [2.45, 2.75) is 6.92 Å². The van der Waals surface area contributed by atoms with Crippen molar-refractivity contribution in [2.24, 2.45) is 0 Å². The predicted octanol–water partition coefficient (Wildman–Crippen LogP) is 1.30. The number of halogens is 1. The van der Waals surface area contributed by atoms with Crippen molar-refractivity contribution < 1.29 is 4.74 Å². The van der Waals surface area contributed by atoms with Crippen molar-refractivity contribution in [3.63, 3.8) is 0 Å². The van der Waals surface area contributed by atoms with E-state index in [0.717, 1.165) is 19.7 Å². The van der Waals surface area contributed by atoms with Gasteiger partial charge in [-0.3, -0.25) is 0 Å². The lowest BCUT2D eigenvalue weighted by atomic mass is 10.6. The molecule has 0 aromatic rings. The van der Waals surface area contributed by atoms with Crippen LogP contribution < -0.4 is 0 Å². The molecule has 0 aliphatic rings. The van der Waals surface area contributed by atoms with Gasteiger partial charge in [0.05, 0.1) is 6.61 Å². The van der Waals surface area contributed by atoms with Gasteiger partial charge in [-0.05, 0) is 0 Å². The average molecular weight is 229 g/mol. The summed E-state index contributed by atoms with van der Waals surface area (Å²) in [6.45, 7) is 5.07. The van der Waals surface area contributed by atoms with Gasteiger partial charge in [0.15, 0.2) is 0 Å². The van der Waals surface area contributed by atoms with Crippen molar-refractivity contribution in [2.75, 3.05) is 26.8 Å². The molecule has 0 radical (unpaired) electrons. The molecule has 3 heteroatoms. The van der Waals surface area contributed by atoms with Gasteiger partial charge in [0.25, 0.3) is 0 Å². The van der Waals surface area contributed by atoms with Gasteiger partial charge in [0.2, 0.25) is 0 Å². The lowest BCUT2D eigenvalue weighted by molar-refractivity contribution is 0.187. The van der Waals surface area contributed by atoms with Crippen molar-refractivity contribution in [1.29, 1.82) is 0 Å². The van der Waals surface area contributed by atoms with Crippen LogP contribution in [0.25, 0.3) is 0 Å². The first-order chi connectivity index (χ1) is 3.81. The molecule has 0 aromatic heterocycles. The van der Waals surface area contributed by atoms with Gasteiger partial charge in [0, 0.05) is 43.1 Å². The SMILES string of the molecule is CCN(I)CCOC. The largest absolute Gasteiger partial charge is 0.383 e. The van der Waals surface area contributed by atoms with E-state index in [0.29, 0.717) is 0 Å². The minimum atomic E-state index is 0.830. The van der Waals surface area contributed by atoms with Crippen LogP contribution in [0.2, 0.25) is 0 Å². The zero-order valence-corrected chi connectivity index (χ0v) is 7.51. The summed E-state index contributed by atoms with van der Waals surface area (Å²) in [7, 11) is 1.72. The smallest absolute Gasteiger partial charge is 0.0597 e. The van der Waals surface area contributed by atoms with Crippen molar-refractivity contribution in [3.8, 4) is 0 Å². The molecule has 0 rings (SSSR count). The molecule has 0 aliphatic heterocycles. The van der Waals surface area contributed by atoms with E-state index in [1.165, 1.54) is 0 Å². The van der Waals surface area contributed by atoms with Gasteiger partial charge in [0.1, 0.15) is 0 Å². The number of methoxy groups -OCH3 is 1. The highest BCUT2D eigenvalue weighted by molar-refractivity contribution is 14.1. The summed E-state index contributed by atoms with van der Waals surface area (Å²) < 4.78 is 7.05. The Morgan fingerprint density at radius 3 is 2.62 bits per heavy atom. The van der Waals surface area contributed by atoms with Crippen LogP contribution in [-0.2, 0) is 4.74 Å². The van der Waals surface area contributed by atoms with Gasteiger partial charge in [-0.15, -0.1) is 0 Å². The highest BCUT2D eigenvalue weighted by atomic mass is 127. The summed E-state index contributed by atoms with van der Waals surface area (Å²) in [5.41, 5.74) is 0. The molecule has 50 valence electrons. The fourth-order valence-electron chi connectivity index (χ4n) is 0.348. The van der Waals surface area contributed by atoms with E-state index in [-0.39, 0.29) is 0 Å². The molecule has 0 amide bonds. The summed E-state index contributed by atoms with van der Waals surface area (Å²) in [6, 6.07) is 0. The number of hydrogen-bond acceptors (Lipinski definition) is 2. The van der Waals surface area contributed by atoms with Crippen molar-refractivity contribution >= 4 is 22.9 Å². The molecular formula is C5H12INO. The third-order valence-corrected chi connectivity index (χ3v) is 2.05. The maximum absolute atomic E-state index is 4.87. The van der Waals surface area contributed by atoms with E-state index >= 15 is 0 Å². The first-order valence-electron chi connectivity index (χ1n) is 2.71. The Kier molecular flexibility index (Phi) is 6.25. The quantitative estimate of drug-likeness (QED) is 0.532. The second-order valence-electron chi connectivity index (χ2n) is 1.50. The van der Waals surface area contributed by atoms with Crippen LogP contribution in [0.1, 0.15) is 6.92 Å². The minimum absolute atomic E-state index is 0.830. The molecule has 0 atom stereocenters. The van der Waals surface area contributed by atoms with Crippen LogP contribution in [0.3, 0.4) is 0 Å². The summed E-state index contributed by atoms with van der Waals surface area (Å²) >= 11 is 2.28.